The molecule has 1 aliphatic carbocycles. The van der Waals surface area contributed by atoms with Crippen molar-refractivity contribution in [3.05, 3.63) is 43.8 Å². The fraction of sp³-hybridized carbons (Fsp3) is 0.409. The Balaban J connectivity index is 1.48. The number of nitrogens with zero attached hydrogens (tertiary/aromatic N) is 1. The van der Waals surface area contributed by atoms with Crippen LogP contribution in [-0.2, 0) is 27.1 Å². The highest BCUT2D eigenvalue weighted by Crippen LogP contribution is 2.40. The second-order valence-corrected chi connectivity index (χ2v) is 8.99. The Kier molecular flexibility index (Phi) is 6.68. The molecule has 0 spiro atoms. The van der Waals surface area contributed by atoms with Crippen molar-refractivity contribution in [1.29, 1.82) is 0 Å². The number of carbonyl (C=O) groups excluding carboxylic acids is 3. The molecule has 0 bridgehead atoms. The first-order valence-electron chi connectivity index (χ1n) is 10.6. The van der Waals surface area contributed by atoms with Crippen molar-refractivity contribution < 1.29 is 38.3 Å². The van der Waals surface area contributed by atoms with Crippen LogP contribution in [0.3, 0.4) is 0 Å². The van der Waals surface area contributed by atoms with Gasteiger partial charge in [-0.15, -0.1) is 11.3 Å². The van der Waals surface area contributed by atoms with Crippen LogP contribution in [0.2, 0.25) is 0 Å². The number of esters is 2. The third-order valence-electron chi connectivity index (χ3n) is 5.49. The molecule has 2 aromatic rings. The number of amides is 1. The van der Waals surface area contributed by atoms with E-state index in [1.165, 1.54) is 11.3 Å². The number of hydrogen-bond acceptors (Lipinski definition) is 10. The summed E-state index contributed by atoms with van der Waals surface area (Å²) in [6.45, 7) is 3.19. The van der Waals surface area contributed by atoms with E-state index in [1.807, 2.05) is 0 Å². The zero-order valence-corrected chi connectivity index (χ0v) is 19.3. The minimum atomic E-state index is -1.06. The van der Waals surface area contributed by atoms with Crippen LogP contribution < -0.4 is 14.8 Å². The summed E-state index contributed by atoms with van der Waals surface area (Å²) in [5.41, 5.74) is 0.318. The zero-order chi connectivity index (χ0) is 24.4. The molecule has 0 radical (unpaired) electrons. The van der Waals surface area contributed by atoms with Crippen molar-refractivity contribution in [2.75, 3.05) is 25.3 Å². The van der Waals surface area contributed by atoms with Gasteiger partial charge in [0, 0.05) is 10.9 Å². The number of thiophene rings is 1. The van der Waals surface area contributed by atoms with E-state index in [-0.39, 0.29) is 30.5 Å². The Labute approximate surface area is 198 Å². The van der Waals surface area contributed by atoms with E-state index in [4.69, 9.17) is 18.9 Å². The lowest BCUT2D eigenvalue weighted by Gasteiger charge is -2.18. The first kappa shape index (κ1) is 23.5. The van der Waals surface area contributed by atoms with Gasteiger partial charge in [0.2, 0.25) is 6.79 Å². The highest BCUT2D eigenvalue weighted by molar-refractivity contribution is 7.17. The van der Waals surface area contributed by atoms with Gasteiger partial charge in [-0.2, -0.15) is 0 Å². The largest absolute Gasteiger partial charge is 0.462 e. The Hall–Kier alpha value is -3.67. The molecule has 2 aliphatic rings. The van der Waals surface area contributed by atoms with Gasteiger partial charge < -0.3 is 24.3 Å². The maximum atomic E-state index is 12.6. The van der Waals surface area contributed by atoms with Gasteiger partial charge in [-0.3, -0.25) is 14.9 Å². The normalized spacial score (nSPS) is 15.9. The highest BCUT2D eigenvalue weighted by atomic mass is 32.1. The van der Waals surface area contributed by atoms with Crippen LogP contribution in [0.25, 0.3) is 0 Å². The summed E-state index contributed by atoms with van der Waals surface area (Å²) in [4.78, 5) is 49.3. The molecule has 0 saturated heterocycles. The molecule has 0 saturated carbocycles. The quantitative estimate of drug-likeness (QED) is 0.350. The number of anilines is 1. The topological polar surface area (TPSA) is 143 Å². The van der Waals surface area contributed by atoms with Crippen molar-refractivity contribution >= 4 is 39.9 Å². The Morgan fingerprint density at radius 3 is 2.65 bits per heavy atom. The molecule has 2 heterocycles. The van der Waals surface area contributed by atoms with Crippen molar-refractivity contribution in [3.63, 3.8) is 0 Å². The average Bonchev–Trinajstić information content (AvgIpc) is 3.39. The molecule has 180 valence electrons. The van der Waals surface area contributed by atoms with Crippen molar-refractivity contribution in [1.82, 2.24) is 0 Å². The summed E-state index contributed by atoms with van der Waals surface area (Å²) in [6, 6.07) is 2.22. The van der Waals surface area contributed by atoms with E-state index in [9.17, 15) is 24.5 Å². The van der Waals surface area contributed by atoms with Gasteiger partial charge in [-0.25, -0.2) is 9.59 Å². The van der Waals surface area contributed by atoms with E-state index < -0.39 is 35.1 Å². The molecule has 1 amide bonds. The summed E-state index contributed by atoms with van der Waals surface area (Å²) < 4.78 is 20.4. The zero-order valence-electron chi connectivity index (χ0n) is 18.5. The van der Waals surface area contributed by atoms with E-state index >= 15 is 0 Å². The summed E-state index contributed by atoms with van der Waals surface area (Å²) >= 11 is 1.31. The molecule has 1 aromatic heterocycles. The first-order chi connectivity index (χ1) is 16.3. The van der Waals surface area contributed by atoms with Gasteiger partial charge in [-0.05, 0) is 37.7 Å². The van der Waals surface area contributed by atoms with Crippen molar-refractivity contribution in [2.45, 2.75) is 33.1 Å². The second-order valence-electron chi connectivity index (χ2n) is 7.88. The van der Waals surface area contributed by atoms with Gasteiger partial charge >= 0.3 is 11.9 Å². The molecule has 0 fully saturated rings. The summed E-state index contributed by atoms with van der Waals surface area (Å²) in [5.74, 6) is -1.50. The molecule has 12 heteroatoms. The summed E-state index contributed by atoms with van der Waals surface area (Å²) in [6.07, 6.45) is 2.43. The highest BCUT2D eigenvalue weighted by Gasteiger charge is 2.31. The van der Waals surface area contributed by atoms with Gasteiger partial charge in [0.1, 0.15) is 10.6 Å². The lowest BCUT2D eigenvalue weighted by atomic mass is 9.88. The minimum Gasteiger partial charge on any atom is -0.462 e. The number of hydrogen-bond donors (Lipinski definition) is 1. The molecule has 1 atom stereocenters. The number of nitro benzene ring substituents is 1. The predicted molar refractivity (Wildman–Crippen MR) is 120 cm³/mol. The molecule has 0 unspecified atom stereocenters. The number of ether oxygens (including phenoxy) is 4. The van der Waals surface area contributed by atoms with Crippen LogP contribution in [0, 0.1) is 16.0 Å². The van der Waals surface area contributed by atoms with Crippen LogP contribution in [0.15, 0.2) is 12.1 Å². The molecule has 34 heavy (non-hydrogen) atoms. The number of benzene rings is 1. The van der Waals surface area contributed by atoms with Crippen LogP contribution in [-0.4, -0.2) is 42.8 Å². The molecular formula is C22H22N2O9S. The molecular weight excluding hydrogens is 468 g/mol. The molecule has 1 aliphatic heterocycles. The van der Waals surface area contributed by atoms with Crippen molar-refractivity contribution in [3.8, 4) is 11.5 Å². The number of nitrogens with one attached hydrogen (secondary N) is 1. The Bertz CT molecular complexity index is 1170. The van der Waals surface area contributed by atoms with Crippen LogP contribution in [0.4, 0.5) is 10.7 Å². The number of rotatable bonds is 7. The smallest absolute Gasteiger partial charge is 0.345 e. The average molecular weight is 490 g/mol. The molecule has 4 rings (SSSR count). The maximum absolute atomic E-state index is 12.6. The number of nitro groups is 1. The third-order valence-corrected chi connectivity index (χ3v) is 6.66. The van der Waals surface area contributed by atoms with E-state index in [1.54, 1.807) is 6.92 Å². The number of fused-ring (bicyclic) bond motifs is 2. The van der Waals surface area contributed by atoms with Crippen LogP contribution >= 0.6 is 11.3 Å². The predicted octanol–water partition coefficient (Wildman–Crippen LogP) is 3.48. The summed E-state index contributed by atoms with van der Waals surface area (Å²) in [7, 11) is 0. The van der Waals surface area contributed by atoms with Crippen LogP contribution in [0.5, 0.6) is 11.5 Å². The van der Waals surface area contributed by atoms with Gasteiger partial charge in [-0.1, -0.05) is 6.92 Å². The molecule has 11 nitrogen and oxygen atoms in total. The lowest BCUT2D eigenvalue weighted by Crippen LogP contribution is -2.22. The van der Waals surface area contributed by atoms with Gasteiger partial charge in [0.25, 0.3) is 11.6 Å². The monoisotopic (exact) mass is 490 g/mol. The first-order valence-corrected chi connectivity index (χ1v) is 11.5. The van der Waals surface area contributed by atoms with Gasteiger partial charge in [0.15, 0.2) is 18.1 Å². The van der Waals surface area contributed by atoms with E-state index in [0.29, 0.717) is 22.9 Å². The molecule has 1 N–H and O–H groups in total. The fourth-order valence-corrected chi connectivity index (χ4v) is 5.29. The standard InChI is InChI=1S/C22H22N2O9S/c1-3-30-22(27)19-12-5-4-11(2)6-17(12)34-20(19)23-18(25)9-31-21(26)13-7-15-16(33-10-32-15)8-14(13)24(28)29/h7-8,11H,3-6,9-10H2,1-2H3,(H,23,25)/t11-/m0/s1. The second kappa shape index (κ2) is 9.67. The van der Waals surface area contributed by atoms with E-state index in [0.717, 1.165) is 35.4 Å². The van der Waals surface area contributed by atoms with Crippen LogP contribution in [0.1, 0.15) is 51.4 Å². The third kappa shape index (κ3) is 4.67. The number of carbonyl (C=O) groups is 3. The Morgan fingerprint density at radius 2 is 1.94 bits per heavy atom. The lowest BCUT2D eigenvalue weighted by molar-refractivity contribution is -0.385. The van der Waals surface area contributed by atoms with E-state index in [2.05, 4.69) is 12.2 Å². The molecule has 1 aromatic carbocycles. The SMILES string of the molecule is CCOC(=O)c1c(NC(=O)COC(=O)c2cc3c(cc2[N+](=O)[O-])OCO3)sc2c1CC[C@H](C)C2. The fourth-order valence-electron chi connectivity index (χ4n) is 3.88. The Morgan fingerprint density at radius 1 is 1.21 bits per heavy atom. The van der Waals surface area contributed by atoms with Gasteiger partial charge in [0.05, 0.1) is 23.2 Å². The van der Waals surface area contributed by atoms with Crippen molar-refractivity contribution in [2.24, 2.45) is 5.92 Å². The maximum Gasteiger partial charge on any atom is 0.345 e. The minimum absolute atomic E-state index is 0.125. The summed E-state index contributed by atoms with van der Waals surface area (Å²) in [5, 5.41) is 14.3.